The molecule has 0 aliphatic heterocycles. The van der Waals surface area contributed by atoms with Crippen LogP contribution in [0.1, 0.15) is 27.3 Å². The van der Waals surface area contributed by atoms with Crippen LogP contribution in [-0.4, -0.2) is 16.1 Å². The van der Waals surface area contributed by atoms with Gasteiger partial charge in [0.15, 0.2) is 0 Å². The van der Waals surface area contributed by atoms with Gasteiger partial charge < -0.3 is 10.4 Å². The number of aromatic nitrogens is 1. The summed E-state index contributed by atoms with van der Waals surface area (Å²) in [7, 11) is 0. The highest BCUT2D eigenvalue weighted by molar-refractivity contribution is 6.33. The van der Waals surface area contributed by atoms with Crippen LogP contribution in [0.2, 0.25) is 5.02 Å². The Labute approximate surface area is 126 Å². The summed E-state index contributed by atoms with van der Waals surface area (Å²) in [4.78, 5) is 15.3. The summed E-state index contributed by atoms with van der Waals surface area (Å²) in [6, 6.07) is 8.41. The van der Waals surface area contributed by atoms with Crippen molar-refractivity contribution in [2.45, 2.75) is 13.8 Å². The van der Waals surface area contributed by atoms with Crippen LogP contribution in [0.15, 0.2) is 24.3 Å². The molecule has 0 amide bonds. The number of halogens is 1. The van der Waals surface area contributed by atoms with Gasteiger partial charge in [0, 0.05) is 11.4 Å². The first kappa shape index (κ1) is 14.8. The fourth-order valence-corrected chi connectivity index (χ4v) is 2.19. The molecule has 0 radical (unpaired) electrons. The summed E-state index contributed by atoms with van der Waals surface area (Å²) in [6.07, 6.45) is 0. The quantitative estimate of drug-likeness (QED) is 0.903. The number of carboxylic acid groups (broad SMARTS) is 1. The highest BCUT2D eigenvalue weighted by atomic mass is 35.5. The molecule has 0 spiro atoms. The fourth-order valence-electron chi connectivity index (χ4n) is 1.99. The van der Waals surface area contributed by atoms with Gasteiger partial charge in [0.2, 0.25) is 0 Å². The number of carbonyl (C=O) groups is 1. The maximum absolute atomic E-state index is 11.1. The van der Waals surface area contributed by atoms with Crippen molar-refractivity contribution in [3.8, 4) is 6.07 Å². The number of pyridine rings is 1. The maximum atomic E-state index is 11.1. The Morgan fingerprint density at radius 2 is 2.10 bits per heavy atom. The Kier molecular flexibility index (Phi) is 4.10. The first-order chi connectivity index (χ1) is 9.92. The molecule has 0 bridgehead atoms. The average Bonchev–Trinajstić information content (AvgIpc) is 2.40. The summed E-state index contributed by atoms with van der Waals surface area (Å²) < 4.78 is 0. The van der Waals surface area contributed by atoms with Gasteiger partial charge in [-0.1, -0.05) is 11.6 Å². The van der Waals surface area contributed by atoms with Gasteiger partial charge in [0.25, 0.3) is 0 Å². The van der Waals surface area contributed by atoms with Crippen LogP contribution in [0.3, 0.4) is 0 Å². The molecule has 5 nitrogen and oxygen atoms in total. The third-order valence-corrected chi connectivity index (χ3v) is 3.25. The number of anilines is 2. The molecule has 2 aromatic rings. The minimum absolute atomic E-state index is 0.00248. The molecule has 2 N–H and O–H groups in total. The second-order valence-electron chi connectivity index (χ2n) is 4.51. The molecule has 2 rings (SSSR count). The zero-order valence-electron chi connectivity index (χ0n) is 11.4. The summed E-state index contributed by atoms with van der Waals surface area (Å²) in [5.74, 6) is -1.11. The van der Waals surface area contributed by atoms with E-state index >= 15 is 0 Å². The van der Waals surface area contributed by atoms with Crippen LogP contribution in [0.5, 0.6) is 0 Å². The van der Waals surface area contributed by atoms with E-state index in [1.165, 1.54) is 12.1 Å². The van der Waals surface area contributed by atoms with Crippen molar-refractivity contribution in [1.29, 1.82) is 5.26 Å². The number of aromatic carboxylic acids is 1. The number of nitriles is 1. The van der Waals surface area contributed by atoms with E-state index in [0.29, 0.717) is 22.6 Å². The Hall–Kier alpha value is -2.58. The number of hydrogen-bond donors (Lipinski definition) is 2. The Morgan fingerprint density at radius 3 is 2.71 bits per heavy atom. The second-order valence-corrected chi connectivity index (χ2v) is 4.92. The molecular weight excluding hydrogens is 290 g/mol. The molecule has 106 valence electrons. The number of hydrogen-bond acceptors (Lipinski definition) is 4. The molecule has 21 heavy (non-hydrogen) atoms. The minimum atomic E-state index is -1.11. The maximum Gasteiger partial charge on any atom is 0.337 e. The van der Waals surface area contributed by atoms with Gasteiger partial charge in [-0.25, -0.2) is 4.79 Å². The van der Waals surface area contributed by atoms with E-state index in [9.17, 15) is 10.1 Å². The van der Waals surface area contributed by atoms with E-state index in [-0.39, 0.29) is 10.6 Å². The van der Waals surface area contributed by atoms with E-state index < -0.39 is 5.97 Å². The van der Waals surface area contributed by atoms with Crippen LogP contribution in [-0.2, 0) is 0 Å². The average molecular weight is 302 g/mol. The highest BCUT2D eigenvalue weighted by Gasteiger charge is 2.12. The summed E-state index contributed by atoms with van der Waals surface area (Å²) >= 11 is 5.83. The molecule has 0 aliphatic carbocycles. The van der Waals surface area contributed by atoms with E-state index in [1.54, 1.807) is 19.1 Å². The summed E-state index contributed by atoms with van der Waals surface area (Å²) in [5.41, 5.74) is 2.93. The van der Waals surface area contributed by atoms with Crippen molar-refractivity contribution < 1.29 is 9.90 Å². The largest absolute Gasteiger partial charge is 0.478 e. The van der Waals surface area contributed by atoms with E-state index in [1.807, 2.05) is 6.92 Å². The van der Waals surface area contributed by atoms with Crippen molar-refractivity contribution in [2.75, 3.05) is 5.32 Å². The number of carboxylic acids is 1. The summed E-state index contributed by atoms with van der Waals surface area (Å²) in [6.45, 7) is 3.57. The van der Waals surface area contributed by atoms with Crippen LogP contribution < -0.4 is 5.32 Å². The Bertz CT molecular complexity index is 766. The van der Waals surface area contributed by atoms with Crippen LogP contribution in [0.4, 0.5) is 11.4 Å². The van der Waals surface area contributed by atoms with Gasteiger partial charge in [0.05, 0.1) is 27.5 Å². The van der Waals surface area contributed by atoms with Crippen LogP contribution in [0.25, 0.3) is 0 Å². The first-order valence-corrected chi connectivity index (χ1v) is 6.48. The van der Waals surface area contributed by atoms with Gasteiger partial charge in [0.1, 0.15) is 6.07 Å². The molecule has 0 aliphatic rings. The third kappa shape index (κ3) is 3.12. The van der Waals surface area contributed by atoms with Crippen molar-refractivity contribution in [1.82, 2.24) is 4.98 Å². The molecule has 6 heteroatoms. The minimum Gasteiger partial charge on any atom is -0.478 e. The molecule has 1 aromatic carbocycles. The van der Waals surface area contributed by atoms with Gasteiger partial charge in [-0.3, -0.25) is 4.98 Å². The predicted molar refractivity (Wildman–Crippen MR) is 80.1 cm³/mol. The molecular formula is C15H12ClN3O2. The summed E-state index contributed by atoms with van der Waals surface area (Å²) in [5, 5.41) is 21.5. The van der Waals surface area contributed by atoms with Gasteiger partial charge >= 0.3 is 5.97 Å². The molecule has 0 saturated heterocycles. The lowest BCUT2D eigenvalue weighted by Crippen LogP contribution is -2.02. The zero-order chi connectivity index (χ0) is 15.6. The molecule has 0 fully saturated rings. The molecule has 0 saturated carbocycles. The Balaban J connectivity index is 2.46. The number of rotatable bonds is 3. The SMILES string of the molecule is Cc1cc(Nc2ccc(Cl)c(C(=O)O)c2)c(C#N)c(C)n1. The normalized spacial score (nSPS) is 10.0. The standard InChI is InChI=1S/C15H12ClN3O2/c1-8-5-14(12(7-17)9(2)18-8)19-10-3-4-13(16)11(6-10)15(20)21/h3-6H,1-2H3,(H,18,19)(H,20,21). The number of nitrogens with one attached hydrogen (secondary N) is 1. The van der Waals surface area contributed by atoms with Crippen molar-refractivity contribution >= 4 is 28.9 Å². The number of benzene rings is 1. The van der Waals surface area contributed by atoms with Crippen molar-refractivity contribution in [3.63, 3.8) is 0 Å². The molecule has 0 atom stereocenters. The third-order valence-electron chi connectivity index (χ3n) is 2.92. The predicted octanol–water partition coefficient (Wildman–Crippen LogP) is 3.67. The number of nitrogens with zero attached hydrogens (tertiary/aromatic N) is 2. The first-order valence-electron chi connectivity index (χ1n) is 6.10. The lowest BCUT2D eigenvalue weighted by atomic mass is 10.1. The zero-order valence-corrected chi connectivity index (χ0v) is 12.2. The van der Waals surface area contributed by atoms with E-state index in [0.717, 1.165) is 5.69 Å². The molecule has 1 aromatic heterocycles. The van der Waals surface area contributed by atoms with Gasteiger partial charge in [-0.2, -0.15) is 5.26 Å². The fraction of sp³-hybridized carbons (Fsp3) is 0.133. The highest BCUT2D eigenvalue weighted by Crippen LogP contribution is 2.26. The van der Waals surface area contributed by atoms with Crippen LogP contribution in [0, 0.1) is 25.2 Å². The topological polar surface area (TPSA) is 86.0 Å². The Morgan fingerprint density at radius 1 is 1.38 bits per heavy atom. The lowest BCUT2D eigenvalue weighted by Gasteiger charge is -2.12. The van der Waals surface area contributed by atoms with E-state index in [2.05, 4.69) is 16.4 Å². The smallest absolute Gasteiger partial charge is 0.337 e. The molecule has 1 heterocycles. The molecule has 0 unspecified atom stereocenters. The van der Waals surface area contributed by atoms with Gasteiger partial charge in [-0.05, 0) is 38.1 Å². The van der Waals surface area contributed by atoms with E-state index in [4.69, 9.17) is 16.7 Å². The van der Waals surface area contributed by atoms with Crippen molar-refractivity contribution in [2.24, 2.45) is 0 Å². The second kappa shape index (κ2) is 5.81. The van der Waals surface area contributed by atoms with Gasteiger partial charge in [-0.15, -0.1) is 0 Å². The van der Waals surface area contributed by atoms with Crippen molar-refractivity contribution in [3.05, 3.63) is 51.8 Å². The van der Waals surface area contributed by atoms with Crippen LogP contribution >= 0.6 is 11.6 Å². The lowest BCUT2D eigenvalue weighted by molar-refractivity contribution is 0.0697. The number of aryl methyl sites for hydroxylation is 2. The monoisotopic (exact) mass is 301 g/mol.